The van der Waals surface area contributed by atoms with Gasteiger partial charge in [0.2, 0.25) is 0 Å². The Bertz CT molecular complexity index is 1640. The van der Waals surface area contributed by atoms with E-state index in [9.17, 15) is 9.59 Å². The molecular weight excluding hydrogens is 574 g/mol. The summed E-state index contributed by atoms with van der Waals surface area (Å²) in [6.07, 6.45) is 11.1. The van der Waals surface area contributed by atoms with Gasteiger partial charge in [-0.05, 0) is 79.5 Å². The first-order valence-electron chi connectivity index (χ1n) is 13.9. The number of halogens is 3. The van der Waals surface area contributed by atoms with Crippen LogP contribution in [0.5, 0.6) is 0 Å². The van der Waals surface area contributed by atoms with Crippen LogP contribution in [0.15, 0.2) is 70.9 Å². The van der Waals surface area contributed by atoms with Crippen LogP contribution in [0.2, 0.25) is 10.0 Å². The first-order chi connectivity index (χ1) is 19.9. The average Bonchev–Trinajstić information content (AvgIpc) is 3.31. The van der Waals surface area contributed by atoms with Gasteiger partial charge in [-0.2, -0.15) is 0 Å². The molecule has 4 rings (SSSR count). The second-order valence-corrected chi connectivity index (χ2v) is 12.3. The van der Waals surface area contributed by atoms with E-state index in [1.54, 1.807) is 55.4 Å². The Morgan fingerprint density at radius 3 is 2.62 bits per heavy atom. The van der Waals surface area contributed by atoms with Crippen molar-refractivity contribution in [2.45, 2.75) is 53.4 Å². The molecule has 1 unspecified atom stereocenters. The molecule has 1 aliphatic heterocycles. The molecule has 9 heteroatoms. The normalized spacial score (nSPS) is 16.1. The van der Waals surface area contributed by atoms with Gasteiger partial charge in [-0.1, -0.05) is 56.1 Å². The van der Waals surface area contributed by atoms with Gasteiger partial charge >= 0.3 is 0 Å². The lowest BCUT2D eigenvalue weighted by Crippen LogP contribution is -2.31. The van der Waals surface area contributed by atoms with Gasteiger partial charge < -0.3 is 4.90 Å². The van der Waals surface area contributed by atoms with E-state index in [0.717, 1.165) is 12.0 Å². The van der Waals surface area contributed by atoms with Crippen molar-refractivity contribution < 1.29 is 9.18 Å². The van der Waals surface area contributed by atoms with Crippen molar-refractivity contribution in [2.24, 2.45) is 10.4 Å². The Balaban J connectivity index is 1.66. The highest BCUT2D eigenvalue weighted by Gasteiger charge is 2.33. The van der Waals surface area contributed by atoms with E-state index in [-0.39, 0.29) is 39.1 Å². The molecule has 0 saturated carbocycles. The van der Waals surface area contributed by atoms with Gasteiger partial charge in [0.15, 0.2) is 0 Å². The lowest BCUT2D eigenvalue weighted by Gasteiger charge is -2.20. The fourth-order valence-corrected chi connectivity index (χ4v) is 5.70. The SMILES string of the molecule is C/C=C/N=C(/C=C/n1c(C)cc(C(C)Cc2cncc(Cl)c2)c(Cl)c1=O)c1cccc(C(=O)N2CCC(C)(C)C2)c1F. The van der Waals surface area contributed by atoms with Crippen LogP contribution in [-0.2, 0) is 6.42 Å². The quantitative estimate of drug-likeness (QED) is 0.246. The number of nitrogens with zero attached hydrogens (tertiary/aromatic N) is 4. The second kappa shape index (κ2) is 13.2. The van der Waals surface area contributed by atoms with Gasteiger partial charge in [-0.15, -0.1) is 0 Å². The van der Waals surface area contributed by atoms with Crippen molar-refractivity contribution in [3.8, 4) is 0 Å². The Morgan fingerprint density at radius 2 is 1.95 bits per heavy atom. The predicted molar refractivity (Wildman–Crippen MR) is 169 cm³/mol. The van der Waals surface area contributed by atoms with Gasteiger partial charge in [0.05, 0.1) is 16.3 Å². The van der Waals surface area contributed by atoms with Crippen LogP contribution in [0.4, 0.5) is 4.39 Å². The number of aromatic nitrogens is 2. The van der Waals surface area contributed by atoms with E-state index in [2.05, 4.69) is 23.8 Å². The number of rotatable bonds is 8. The number of benzene rings is 1. The summed E-state index contributed by atoms with van der Waals surface area (Å²) in [6.45, 7) is 10.9. The maximum atomic E-state index is 15.9. The van der Waals surface area contributed by atoms with Crippen molar-refractivity contribution in [3.63, 3.8) is 0 Å². The summed E-state index contributed by atoms with van der Waals surface area (Å²) in [4.78, 5) is 36.8. The standard InChI is InChI=1S/C33H35Cl2FN4O2/c1-6-12-38-28(25-8-7-9-26(30(25)36)31(41)39-14-11-33(4,5)20-39)10-13-40-22(3)16-27(29(35)32(40)42)21(2)15-23-17-24(34)19-37-18-23/h6-10,12-13,16-19,21H,11,14-15,20H2,1-5H3/b12-6+,13-10+,38-28-. The molecule has 1 saturated heterocycles. The summed E-state index contributed by atoms with van der Waals surface area (Å²) >= 11 is 12.7. The summed E-state index contributed by atoms with van der Waals surface area (Å²) < 4.78 is 17.3. The molecule has 3 aromatic rings. The Morgan fingerprint density at radius 1 is 1.21 bits per heavy atom. The molecule has 1 atom stereocenters. The molecule has 0 spiro atoms. The molecule has 6 nitrogen and oxygen atoms in total. The van der Waals surface area contributed by atoms with Crippen LogP contribution in [0.3, 0.4) is 0 Å². The van der Waals surface area contributed by atoms with Crippen molar-refractivity contribution >= 4 is 41.0 Å². The second-order valence-electron chi connectivity index (χ2n) is 11.5. The van der Waals surface area contributed by atoms with Crippen LogP contribution in [0, 0.1) is 18.2 Å². The first-order valence-corrected chi connectivity index (χ1v) is 14.6. The zero-order chi connectivity index (χ0) is 30.6. The number of allylic oxidation sites excluding steroid dienone is 2. The average molecular weight is 610 g/mol. The molecule has 2 aromatic heterocycles. The third-order valence-corrected chi connectivity index (χ3v) is 8.04. The fraction of sp³-hybridized carbons (Fsp3) is 0.333. The highest BCUT2D eigenvalue weighted by atomic mass is 35.5. The third kappa shape index (κ3) is 7.08. The minimum Gasteiger partial charge on any atom is -0.338 e. The Hall–Kier alpha value is -3.55. The van der Waals surface area contributed by atoms with Crippen molar-refractivity contribution in [1.29, 1.82) is 0 Å². The molecule has 3 heterocycles. The van der Waals surface area contributed by atoms with Gasteiger partial charge in [-0.3, -0.25) is 24.1 Å². The number of aliphatic imine (C=N–C) groups is 1. The lowest BCUT2D eigenvalue weighted by molar-refractivity contribution is 0.0773. The topological polar surface area (TPSA) is 67.6 Å². The zero-order valence-electron chi connectivity index (χ0n) is 24.5. The molecule has 1 amide bonds. The number of hydrogen-bond donors (Lipinski definition) is 0. The monoisotopic (exact) mass is 608 g/mol. The van der Waals surface area contributed by atoms with Crippen molar-refractivity contribution in [2.75, 3.05) is 13.1 Å². The molecule has 42 heavy (non-hydrogen) atoms. The Labute approximate surface area is 256 Å². The summed E-state index contributed by atoms with van der Waals surface area (Å²) in [7, 11) is 0. The number of amides is 1. The summed E-state index contributed by atoms with van der Waals surface area (Å²) in [5, 5.41) is 0.649. The van der Waals surface area contributed by atoms with Crippen molar-refractivity contribution in [3.05, 3.63) is 115 Å². The van der Waals surface area contributed by atoms with Gasteiger partial charge in [-0.25, -0.2) is 4.39 Å². The van der Waals surface area contributed by atoms with Crippen LogP contribution < -0.4 is 5.56 Å². The minimum atomic E-state index is -0.651. The van der Waals surface area contributed by atoms with E-state index in [0.29, 0.717) is 35.8 Å². The highest BCUT2D eigenvalue weighted by Crippen LogP contribution is 2.31. The summed E-state index contributed by atoms with van der Waals surface area (Å²) in [6, 6.07) is 8.43. The third-order valence-electron chi connectivity index (χ3n) is 7.45. The molecule has 0 N–H and O–H groups in total. The van der Waals surface area contributed by atoms with Crippen LogP contribution in [-0.4, -0.2) is 39.2 Å². The largest absolute Gasteiger partial charge is 0.338 e. The van der Waals surface area contributed by atoms with E-state index in [4.69, 9.17) is 23.2 Å². The fourth-order valence-electron chi connectivity index (χ4n) is 5.18. The number of carbonyl (C=O) groups excluding carboxylic acids is 1. The smallest absolute Gasteiger partial charge is 0.273 e. The van der Waals surface area contributed by atoms with Crippen molar-refractivity contribution in [1.82, 2.24) is 14.5 Å². The van der Waals surface area contributed by atoms with E-state index >= 15 is 4.39 Å². The number of likely N-dealkylation sites (tertiary alicyclic amines) is 1. The van der Waals surface area contributed by atoms with Gasteiger partial charge in [0, 0.05) is 49.1 Å². The Kier molecular flexibility index (Phi) is 9.85. The number of aryl methyl sites for hydroxylation is 1. The maximum Gasteiger partial charge on any atom is 0.273 e. The molecule has 0 aliphatic carbocycles. The summed E-state index contributed by atoms with van der Waals surface area (Å²) in [5.74, 6) is -1.06. The van der Waals surface area contributed by atoms with Crippen LogP contribution in [0.25, 0.3) is 6.20 Å². The lowest BCUT2D eigenvalue weighted by atomic mass is 9.93. The van der Waals surface area contributed by atoms with E-state index < -0.39 is 11.4 Å². The molecule has 0 bridgehead atoms. The summed E-state index contributed by atoms with van der Waals surface area (Å²) in [5.41, 5.74) is 2.32. The van der Waals surface area contributed by atoms with E-state index in [1.807, 2.05) is 19.1 Å². The van der Waals surface area contributed by atoms with Gasteiger partial charge in [0.25, 0.3) is 11.5 Å². The zero-order valence-corrected chi connectivity index (χ0v) is 26.0. The highest BCUT2D eigenvalue weighted by molar-refractivity contribution is 6.31. The van der Waals surface area contributed by atoms with E-state index in [1.165, 1.54) is 23.0 Å². The minimum absolute atomic E-state index is 0.00274. The van der Waals surface area contributed by atoms with Crippen LogP contribution >= 0.6 is 23.2 Å². The molecule has 1 aliphatic rings. The number of carbonyl (C=O) groups is 1. The molecular formula is C33H35Cl2FN4O2. The maximum absolute atomic E-state index is 15.9. The number of pyridine rings is 2. The van der Waals surface area contributed by atoms with Gasteiger partial charge in [0.1, 0.15) is 10.8 Å². The van der Waals surface area contributed by atoms with Crippen LogP contribution in [0.1, 0.15) is 72.8 Å². The number of hydrogen-bond acceptors (Lipinski definition) is 4. The molecule has 0 radical (unpaired) electrons. The molecule has 1 aromatic carbocycles. The predicted octanol–water partition coefficient (Wildman–Crippen LogP) is 7.71. The molecule has 1 fully saturated rings. The first kappa shape index (κ1) is 31.4. The molecule has 220 valence electrons.